The van der Waals surface area contributed by atoms with E-state index in [1.807, 2.05) is 31.2 Å². The molecule has 1 aromatic carbocycles. The molecule has 0 fully saturated rings. The van der Waals surface area contributed by atoms with Crippen LogP contribution in [0.25, 0.3) is 0 Å². The quantitative estimate of drug-likeness (QED) is 0.694. The Kier molecular flexibility index (Phi) is 3.74. The average Bonchev–Trinajstić information content (AvgIpc) is 2.29. The van der Waals surface area contributed by atoms with Crippen LogP contribution >= 0.6 is 31.9 Å². The largest absolute Gasteiger partial charge is 0.287 e. The molecule has 0 aromatic heterocycles. The first-order valence-electron chi connectivity index (χ1n) is 5.01. The van der Waals surface area contributed by atoms with E-state index in [0.717, 1.165) is 11.4 Å². The van der Waals surface area contributed by atoms with Crippen molar-refractivity contribution in [3.05, 3.63) is 50.9 Å². The lowest BCUT2D eigenvalue weighted by Crippen LogP contribution is -2.06. The smallest absolute Gasteiger partial charge is 0.207 e. The fourth-order valence-corrected chi connectivity index (χ4v) is 2.54. The molecule has 1 aromatic rings. The van der Waals surface area contributed by atoms with Gasteiger partial charge in [0.1, 0.15) is 0 Å². The minimum atomic E-state index is -0.0622. The summed E-state index contributed by atoms with van der Waals surface area (Å²) in [6.45, 7) is 2.03. The van der Waals surface area contributed by atoms with Gasteiger partial charge in [0.25, 0.3) is 0 Å². The molecule has 0 saturated heterocycles. The van der Waals surface area contributed by atoms with Crippen LogP contribution in [-0.2, 0) is 4.79 Å². The summed E-state index contributed by atoms with van der Waals surface area (Å²) in [6, 6.07) is 7.90. The summed E-state index contributed by atoms with van der Waals surface area (Å²) < 4.78 is 1.02. The van der Waals surface area contributed by atoms with E-state index < -0.39 is 0 Å². The van der Waals surface area contributed by atoms with Crippen molar-refractivity contribution in [3.8, 4) is 0 Å². The number of nitrogens with zero attached hydrogens (tertiary/aromatic N) is 1. The minimum absolute atomic E-state index is 0.0622. The Hall–Kier alpha value is -1.000. The Morgan fingerprint density at radius 1 is 1.00 bits per heavy atom. The minimum Gasteiger partial charge on any atom is -0.287 e. The number of carbonyl (C=O) groups is 1. The highest BCUT2D eigenvalue weighted by atomic mass is 79.9. The summed E-state index contributed by atoms with van der Waals surface area (Å²) >= 11 is 6.44. The van der Waals surface area contributed by atoms with E-state index in [9.17, 15) is 4.79 Å². The summed E-state index contributed by atoms with van der Waals surface area (Å²) in [5.74, 6) is -0.0622. The lowest BCUT2D eigenvalue weighted by molar-refractivity contribution is -0.110. The van der Waals surface area contributed by atoms with Gasteiger partial charge in [-0.2, -0.15) is 0 Å². The van der Waals surface area contributed by atoms with Crippen molar-refractivity contribution in [2.45, 2.75) is 6.92 Å². The van der Waals surface area contributed by atoms with Crippen molar-refractivity contribution in [1.29, 1.82) is 0 Å². The predicted octanol–water partition coefficient (Wildman–Crippen LogP) is 4.21. The summed E-state index contributed by atoms with van der Waals surface area (Å²) in [7, 11) is 0. The second-order valence-electron chi connectivity index (χ2n) is 3.69. The lowest BCUT2D eigenvalue weighted by atomic mass is 10.1. The van der Waals surface area contributed by atoms with Crippen molar-refractivity contribution >= 4 is 49.0 Å². The number of Topliss-reactive ketones (excluding diaryl/α,β-unsaturated/α-hetero) is 1. The average molecular weight is 355 g/mol. The molecule has 1 aliphatic carbocycles. The summed E-state index contributed by atoms with van der Waals surface area (Å²) in [5, 5.41) is 0. The van der Waals surface area contributed by atoms with Gasteiger partial charge in [-0.1, -0.05) is 17.7 Å². The number of carbonyl (C=O) groups excluding carboxylic acids is 1. The monoisotopic (exact) mass is 353 g/mol. The Bertz CT molecular complexity index is 529. The molecule has 0 aliphatic heterocycles. The van der Waals surface area contributed by atoms with Gasteiger partial charge in [0.15, 0.2) is 0 Å². The molecule has 2 rings (SSSR count). The Morgan fingerprint density at radius 2 is 1.53 bits per heavy atom. The van der Waals surface area contributed by atoms with Gasteiger partial charge in [-0.3, -0.25) is 4.79 Å². The maximum absolute atomic E-state index is 11.5. The van der Waals surface area contributed by atoms with E-state index in [4.69, 9.17) is 0 Å². The normalized spacial score (nSPS) is 15.5. The van der Waals surface area contributed by atoms with Crippen LogP contribution in [0.1, 0.15) is 5.56 Å². The zero-order chi connectivity index (χ0) is 12.4. The highest BCUT2D eigenvalue weighted by Gasteiger charge is 2.16. The molecule has 0 atom stereocenters. The van der Waals surface area contributed by atoms with Crippen LogP contribution in [-0.4, -0.2) is 11.5 Å². The van der Waals surface area contributed by atoms with Crippen molar-refractivity contribution in [2.24, 2.45) is 4.99 Å². The molecule has 0 N–H and O–H groups in total. The maximum Gasteiger partial charge on any atom is 0.207 e. The maximum atomic E-state index is 11.5. The van der Waals surface area contributed by atoms with E-state index >= 15 is 0 Å². The Balaban J connectivity index is 2.35. The van der Waals surface area contributed by atoms with Crippen LogP contribution in [0.4, 0.5) is 5.69 Å². The molecule has 0 heterocycles. The SMILES string of the molecule is Cc1ccc(N=C2C=C(Br)C(=O)C(Br)=C2)cc1. The van der Waals surface area contributed by atoms with E-state index in [0.29, 0.717) is 8.96 Å². The van der Waals surface area contributed by atoms with Crippen molar-refractivity contribution in [2.75, 3.05) is 0 Å². The summed E-state index contributed by atoms with van der Waals surface area (Å²) in [4.78, 5) is 15.9. The molecular weight excluding hydrogens is 346 g/mol. The molecule has 0 spiro atoms. The van der Waals surface area contributed by atoms with E-state index in [1.54, 1.807) is 12.2 Å². The number of hydrogen-bond acceptors (Lipinski definition) is 2. The molecule has 17 heavy (non-hydrogen) atoms. The number of hydrogen-bond donors (Lipinski definition) is 0. The number of aliphatic imine (C=N–C) groups is 1. The van der Waals surface area contributed by atoms with Crippen LogP contribution in [0.2, 0.25) is 0 Å². The van der Waals surface area contributed by atoms with E-state index in [-0.39, 0.29) is 5.78 Å². The molecule has 4 heteroatoms. The van der Waals surface area contributed by atoms with Gasteiger partial charge >= 0.3 is 0 Å². The van der Waals surface area contributed by atoms with Gasteiger partial charge in [-0.05, 0) is 63.1 Å². The number of benzene rings is 1. The van der Waals surface area contributed by atoms with Gasteiger partial charge in [0, 0.05) is 0 Å². The topological polar surface area (TPSA) is 29.4 Å². The third-order valence-corrected chi connectivity index (χ3v) is 3.45. The number of ketones is 1. The van der Waals surface area contributed by atoms with Gasteiger partial charge < -0.3 is 0 Å². The van der Waals surface area contributed by atoms with Crippen LogP contribution < -0.4 is 0 Å². The Morgan fingerprint density at radius 3 is 2.06 bits per heavy atom. The van der Waals surface area contributed by atoms with Gasteiger partial charge in [-0.25, -0.2) is 4.99 Å². The summed E-state index contributed by atoms with van der Waals surface area (Å²) in [5.41, 5.74) is 2.81. The molecule has 0 amide bonds. The zero-order valence-electron chi connectivity index (χ0n) is 9.08. The number of allylic oxidation sites excluding steroid dienone is 4. The predicted molar refractivity (Wildman–Crippen MR) is 77.3 cm³/mol. The highest BCUT2D eigenvalue weighted by Crippen LogP contribution is 2.24. The molecule has 1 aliphatic rings. The second-order valence-corrected chi connectivity index (χ2v) is 5.39. The molecule has 0 unspecified atom stereocenters. The first-order chi connectivity index (χ1) is 8.06. The Labute approximate surface area is 116 Å². The fourth-order valence-electron chi connectivity index (χ4n) is 1.38. The zero-order valence-corrected chi connectivity index (χ0v) is 12.2. The molecule has 86 valence electrons. The van der Waals surface area contributed by atoms with Crippen molar-refractivity contribution in [1.82, 2.24) is 0 Å². The molecular formula is C13H9Br2NO. The van der Waals surface area contributed by atoms with Gasteiger partial charge in [-0.15, -0.1) is 0 Å². The van der Waals surface area contributed by atoms with E-state index in [2.05, 4.69) is 36.9 Å². The number of rotatable bonds is 1. The second kappa shape index (κ2) is 5.10. The van der Waals surface area contributed by atoms with Gasteiger partial charge in [0.2, 0.25) is 5.78 Å². The molecule has 2 nitrogen and oxygen atoms in total. The standard InChI is InChI=1S/C13H9Br2NO/c1-8-2-4-9(5-3-8)16-10-6-11(14)13(17)12(15)7-10/h2-7H,1H3. The molecule has 0 bridgehead atoms. The van der Waals surface area contributed by atoms with Crippen LogP contribution in [0.15, 0.2) is 50.4 Å². The van der Waals surface area contributed by atoms with Gasteiger partial charge in [0.05, 0.1) is 20.4 Å². The van der Waals surface area contributed by atoms with Crippen LogP contribution in [0.5, 0.6) is 0 Å². The number of aryl methyl sites for hydroxylation is 1. The third kappa shape index (κ3) is 3.01. The van der Waals surface area contributed by atoms with Crippen molar-refractivity contribution < 1.29 is 4.79 Å². The first kappa shape index (κ1) is 12.5. The molecule has 0 radical (unpaired) electrons. The van der Waals surface area contributed by atoms with Crippen molar-refractivity contribution in [3.63, 3.8) is 0 Å². The fraction of sp³-hybridized carbons (Fsp3) is 0.0769. The first-order valence-corrected chi connectivity index (χ1v) is 6.59. The van der Waals surface area contributed by atoms with Crippen LogP contribution in [0.3, 0.4) is 0 Å². The molecule has 0 saturated carbocycles. The van der Waals surface area contributed by atoms with E-state index in [1.165, 1.54) is 5.56 Å². The number of halogens is 2. The van der Waals surface area contributed by atoms with Crippen LogP contribution in [0, 0.1) is 6.92 Å². The highest BCUT2D eigenvalue weighted by molar-refractivity contribution is 9.13. The summed E-state index contributed by atoms with van der Waals surface area (Å²) in [6.07, 6.45) is 3.43. The third-order valence-electron chi connectivity index (χ3n) is 2.28. The lowest BCUT2D eigenvalue weighted by Gasteiger charge is -2.06.